The van der Waals surface area contributed by atoms with Crippen LogP contribution in [0.3, 0.4) is 0 Å². The summed E-state index contributed by atoms with van der Waals surface area (Å²) >= 11 is 12.1. The number of aromatic nitrogens is 2. The first kappa shape index (κ1) is 16.6. The molecule has 0 bridgehead atoms. The summed E-state index contributed by atoms with van der Waals surface area (Å²) in [5.74, 6) is 0.0112. The number of rotatable bonds is 5. The molecule has 0 saturated carbocycles. The van der Waals surface area contributed by atoms with Crippen molar-refractivity contribution in [3.8, 4) is 11.1 Å². The second-order valence-electron chi connectivity index (χ2n) is 5.05. The van der Waals surface area contributed by atoms with Gasteiger partial charge in [0.2, 0.25) is 0 Å². The molecule has 3 aromatic rings. The predicted molar refractivity (Wildman–Crippen MR) is 94.1 cm³/mol. The zero-order chi connectivity index (χ0) is 17.1. The van der Waals surface area contributed by atoms with Crippen molar-refractivity contribution in [2.24, 2.45) is 0 Å². The van der Waals surface area contributed by atoms with Crippen LogP contribution in [0.1, 0.15) is 6.42 Å². The number of anilines is 1. The van der Waals surface area contributed by atoms with Crippen LogP contribution in [0.5, 0.6) is 0 Å². The van der Waals surface area contributed by atoms with Crippen LogP contribution in [0, 0.1) is 5.82 Å². The van der Waals surface area contributed by atoms with E-state index in [1.165, 1.54) is 12.4 Å². The number of fused-ring (bicyclic) bond motifs is 1. The van der Waals surface area contributed by atoms with Crippen LogP contribution in [0.2, 0.25) is 10.0 Å². The van der Waals surface area contributed by atoms with E-state index in [1.54, 1.807) is 24.3 Å². The Morgan fingerprint density at radius 1 is 1.12 bits per heavy atom. The lowest BCUT2D eigenvalue weighted by Crippen LogP contribution is -2.05. The maximum Gasteiger partial charge on any atom is 0.149 e. The molecule has 0 aliphatic heterocycles. The number of carbonyl (C=O) groups is 1. The Balaban J connectivity index is 2.21. The number of hydrogen-bond acceptors (Lipinski definition) is 4. The molecule has 0 atom stereocenters. The van der Waals surface area contributed by atoms with Gasteiger partial charge in [0.25, 0.3) is 0 Å². The van der Waals surface area contributed by atoms with Crippen LogP contribution in [-0.4, -0.2) is 22.8 Å². The van der Waals surface area contributed by atoms with E-state index in [-0.39, 0.29) is 5.52 Å². The third kappa shape index (κ3) is 3.18. The van der Waals surface area contributed by atoms with Gasteiger partial charge in [0.05, 0.1) is 15.4 Å². The van der Waals surface area contributed by atoms with E-state index in [2.05, 4.69) is 15.3 Å². The molecule has 0 aliphatic carbocycles. The maximum absolute atomic E-state index is 14.2. The smallest absolute Gasteiger partial charge is 0.149 e. The van der Waals surface area contributed by atoms with Crippen LogP contribution in [0.4, 0.5) is 10.2 Å². The van der Waals surface area contributed by atoms with Crippen LogP contribution in [0.25, 0.3) is 22.0 Å². The average molecular weight is 364 g/mol. The van der Waals surface area contributed by atoms with Gasteiger partial charge in [-0.3, -0.25) is 0 Å². The monoisotopic (exact) mass is 363 g/mol. The van der Waals surface area contributed by atoms with Crippen molar-refractivity contribution < 1.29 is 9.18 Å². The van der Waals surface area contributed by atoms with Gasteiger partial charge in [-0.1, -0.05) is 35.3 Å². The summed E-state index contributed by atoms with van der Waals surface area (Å²) in [5, 5.41) is 4.41. The van der Waals surface area contributed by atoms with Gasteiger partial charge < -0.3 is 10.1 Å². The molecular weight excluding hydrogens is 352 g/mol. The highest BCUT2D eigenvalue weighted by atomic mass is 35.5. The summed E-state index contributed by atoms with van der Waals surface area (Å²) in [6.07, 6.45) is 2.41. The van der Waals surface area contributed by atoms with Crippen molar-refractivity contribution in [3.63, 3.8) is 0 Å². The van der Waals surface area contributed by atoms with E-state index < -0.39 is 5.82 Å². The molecule has 0 spiro atoms. The Morgan fingerprint density at radius 3 is 2.71 bits per heavy atom. The van der Waals surface area contributed by atoms with Crippen molar-refractivity contribution in [2.75, 3.05) is 11.9 Å². The Labute approximate surface area is 147 Å². The predicted octanol–water partition coefficient (Wildman–Crippen LogP) is 4.74. The maximum atomic E-state index is 14.2. The SMILES string of the molecule is O=CCCNc1ncnc2c(F)ccc(-c3ccc(Cl)c(Cl)c3)c12. The quantitative estimate of drug-likeness (QED) is 0.525. The molecule has 0 amide bonds. The van der Waals surface area contributed by atoms with Gasteiger partial charge in [0.1, 0.15) is 29.8 Å². The number of nitrogens with one attached hydrogen (secondary N) is 1. The molecule has 122 valence electrons. The van der Waals surface area contributed by atoms with Gasteiger partial charge in [-0.05, 0) is 29.3 Å². The lowest BCUT2D eigenvalue weighted by molar-refractivity contribution is -0.107. The Bertz CT molecular complexity index is 918. The molecule has 0 radical (unpaired) electrons. The van der Waals surface area contributed by atoms with Gasteiger partial charge in [-0.15, -0.1) is 0 Å². The fraction of sp³-hybridized carbons (Fsp3) is 0.118. The summed E-state index contributed by atoms with van der Waals surface area (Å²) < 4.78 is 14.2. The standard InChI is InChI=1S/C17H12Cl2FN3O/c18-12-4-2-10(8-13(12)19)11-3-5-14(20)16-15(11)17(23-9-22-16)21-6-1-7-24/h2-5,7-9H,1,6H2,(H,21,22,23). The first-order chi connectivity index (χ1) is 11.6. The summed E-state index contributed by atoms with van der Waals surface area (Å²) in [5.41, 5.74) is 1.68. The van der Waals surface area contributed by atoms with Crippen molar-refractivity contribution in [3.05, 3.63) is 52.5 Å². The van der Waals surface area contributed by atoms with Crippen LogP contribution < -0.4 is 5.32 Å². The topological polar surface area (TPSA) is 54.9 Å². The lowest BCUT2D eigenvalue weighted by Gasteiger charge is -2.12. The van der Waals surface area contributed by atoms with Gasteiger partial charge in [0.15, 0.2) is 0 Å². The molecule has 24 heavy (non-hydrogen) atoms. The zero-order valence-electron chi connectivity index (χ0n) is 12.4. The van der Waals surface area contributed by atoms with E-state index in [1.807, 2.05) is 0 Å². The fourth-order valence-corrected chi connectivity index (χ4v) is 2.73. The number of benzene rings is 2. The van der Waals surface area contributed by atoms with Crippen LogP contribution >= 0.6 is 23.2 Å². The second-order valence-corrected chi connectivity index (χ2v) is 5.87. The molecule has 0 unspecified atom stereocenters. The molecule has 0 saturated heterocycles. The molecule has 0 fully saturated rings. The molecule has 4 nitrogen and oxygen atoms in total. The average Bonchev–Trinajstić information content (AvgIpc) is 2.58. The van der Waals surface area contributed by atoms with Crippen molar-refractivity contribution >= 4 is 46.2 Å². The molecule has 1 heterocycles. The number of hydrogen-bond donors (Lipinski definition) is 1. The van der Waals surface area contributed by atoms with Gasteiger partial charge >= 0.3 is 0 Å². The minimum atomic E-state index is -0.449. The van der Waals surface area contributed by atoms with E-state index >= 15 is 0 Å². The third-order valence-electron chi connectivity index (χ3n) is 3.52. The minimum absolute atomic E-state index is 0.196. The summed E-state index contributed by atoms with van der Waals surface area (Å²) in [4.78, 5) is 18.7. The van der Waals surface area contributed by atoms with Crippen molar-refractivity contribution in [1.82, 2.24) is 9.97 Å². The highest BCUT2D eigenvalue weighted by molar-refractivity contribution is 6.42. The Hall–Kier alpha value is -2.24. The lowest BCUT2D eigenvalue weighted by atomic mass is 10.0. The molecule has 1 aromatic heterocycles. The van der Waals surface area contributed by atoms with Gasteiger partial charge in [-0.25, -0.2) is 14.4 Å². The summed E-state index contributed by atoms with van der Waals surface area (Å²) in [6, 6.07) is 8.17. The summed E-state index contributed by atoms with van der Waals surface area (Å²) in [7, 11) is 0. The Kier molecular flexibility index (Phi) is 4.92. The van der Waals surface area contributed by atoms with Crippen molar-refractivity contribution in [2.45, 2.75) is 6.42 Å². The largest absolute Gasteiger partial charge is 0.369 e. The van der Waals surface area contributed by atoms with Crippen LogP contribution in [0.15, 0.2) is 36.7 Å². The highest BCUT2D eigenvalue weighted by Crippen LogP contribution is 2.35. The van der Waals surface area contributed by atoms with E-state index in [0.717, 1.165) is 17.4 Å². The number of aldehydes is 1. The number of halogens is 3. The number of carbonyl (C=O) groups excluding carboxylic acids is 1. The van der Waals surface area contributed by atoms with Crippen molar-refractivity contribution in [1.29, 1.82) is 0 Å². The molecular formula is C17H12Cl2FN3O. The first-order valence-electron chi connectivity index (χ1n) is 7.18. The van der Waals surface area contributed by atoms with E-state index in [4.69, 9.17) is 23.2 Å². The van der Waals surface area contributed by atoms with Gasteiger partial charge in [-0.2, -0.15) is 0 Å². The van der Waals surface area contributed by atoms with Crippen LogP contribution in [-0.2, 0) is 4.79 Å². The Morgan fingerprint density at radius 2 is 1.96 bits per heavy atom. The third-order valence-corrected chi connectivity index (χ3v) is 4.26. The molecule has 2 aromatic carbocycles. The zero-order valence-corrected chi connectivity index (χ0v) is 13.9. The fourth-order valence-electron chi connectivity index (χ4n) is 2.43. The van der Waals surface area contributed by atoms with E-state index in [9.17, 15) is 9.18 Å². The van der Waals surface area contributed by atoms with E-state index in [0.29, 0.717) is 34.2 Å². The highest BCUT2D eigenvalue weighted by Gasteiger charge is 2.14. The minimum Gasteiger partial charge on any atom is -0.369 e. The first-order valence-corrected chi connectivity index (χ1v) is 7.93. The normalized spacial score (nSPS) is 10.8. The molecule has 1 N–H and O–H groups in total. The second kappa shape index (κ2) is 7.11. The summed E-state index contributed by atoms with van der Waals surface area (Å²) in [6.45, 7) is 0.396. The molecule has 0 aliphatic rings. The number of nitrogens with zero attached hydrogens (tertiary/aromatic N) is 2. The van der Waals surface area contributed by atoms with Gasteiger partial charge in [0, 0.05) is 13.0 Å². The molecule has 3 rings (SSSR count). The molecule has 7 heteroatoms.